The first-order valence-electron chi connectivity index (χ1n) is 9.42. The van der Waals surface area contributed by atoms with Crippen molar-refractivity contribution >= 4 is 5.91 Å². The summed E-state index contributed by atoms with van der Waals surface area (Å²) in [4.78, 5) is 18.4. The van der Waals surface area contributed by atoms with Crippen molar-refractivity contribution in [3.8, 4) is 0 Å². The third-order valence-electron chi connectivity index (χ3n) is 5.66. The SMILES string of the molecule is COCc1nc(C2CCN(C(C)=O)CC2)n(C2Cc3ccccc3C2)n1. The fourth-order valence-corrected chi connectivity index (χ4v) is 4.28. The van der Waals surface area contributed by atoms with Crippen molar-refractivity contribution in [2.24, 2.45) is 0 Å². The molecule has 0 N–H and O–H groups in total. The Morgan fingerprint density at radius 3 is 2.42 bits per heavy atom. The van der Waals surface area contributed by atoms with Gasteiger partial charge in [0.15, 0.2) is 5.82 Å². The number of nitrogens with zero attached hydrogens (tertiary/aromatic N) is 4. The molecular weight excluding hydrogens is 328 g/mol. The quantitative estimate of drug-likeness (QED) is 0.846. The van der Waals surface area contributed by atoms with E-state index in [1.54, 1.807) is 14.0 Å². The van der Waals surface area contributed by atoms with Crippen LogP contribution < -0.4 is 0 Å². The van der Waals surface area contributed by atoms with Crippen molar-refractivity contribution in [1.82, 2.24) is 19.7 Å². The van der Waals surface area contributed by atoms with E-state index in [1.165, 1.54) is 11.1 Å². The van der Waals surface area contributed by atoms with E-state index in [1.807, 2.05) is 4.90 Å². The van der Waals surface area contributed by atoms with Gasteiger partial charge >= 0.3 is 0 Å². The molecule has 0 unspecified atom stereocenters. The van der Waals surface area contributed by atoms with Crippen LogP contribution in [0.15, 0.2) is 24.3 Å². The summed E-state index contributed by atoms with van der Waals surface area (Å²) in [6.07, 6.45) is 3.91. The van der Waals surface area contributed by atoms with E-state index in [0.717, 1.165) is 50.4 Å². The molecule has 1 amide bonds. The second-order valence-electron chi connectivity index (χ2n) is 7.37. The van der Waals surface area contributed by atoms with Crippen LogP contribution in [0.3, 0.4) is 0 Å². The summed E-state index contributed by atoms with van der Waals surface area (Å²) in [6.45, 7) is 3.69. The number of carbonyl (C=O) groups excluding carboxylic acids is 1. The fourth-order valence-electron chi connectivity index (χ4n) is 4.28. The lowest BCUT2D eigenvalue weighted by molar-refractivity contribution is -0.129. The second-order valence-corrected chi connectivity index (χ2v) is 7.37. The van der Waals surface area contributed by atoms with Crippen LogP contribution in [-0.4, -0.2) is 45.8 Å². The predicted octanol–water partition coefficient (Wildman–Crippen LogP) is 2.49. The Labute approximate surface area is 154 Å². The first-order chi connectivity index (χ1) is 12.7. The Kier molecular flexibility index (Phi) is 4.76. The Balaban J connectivity index is 1.58. The highest BCUT2D eigenvalue weighted by molar-refractivity contribution is 5.73. The smallest absolute Gasteiger partial charge is 0.219 e. The number of hydrogen-bond acceptors (Lipinski definition) is 4. The van der Waals surface area contributed by atoms with Crippen LogP contribution in [0.5, 0.6) is 0 Å². The van der Waals surface area contributed by atoms with E-state index in [4.69, 9.17) is 14.8 Å². The van der Waals surface area contributed by atoms with E-state index in [-0.39, 0.29) is 5.91 Å². The van der Waals surface area contributed by atoms with E-state index < -0.39 is 0 Å². The molecular formula is C20H26N4O2. The Morgan fingerprint density at radius 2 is 1.85 bits per heavy atom. The summed E-state index contributed by atoms with van der Waals surface area (Å²) in [5, 5.41) is 4.79. The summed E-state index contributed by atoms with van der Waals surface area (Å²) in [5.74, 6) is 2.34. The minimum Gasteiger partial charge on any atom is -0.377 e. The zero-order valence-corrected chi connectivity index (χ0v) is 15.5. The second kappa shape index (κ2) is 7.19. The number of likely N-dealkylation sites (tertiary alicyclic amines) is 1. The molecule has 0 atom stereocenters. The van der Waals surface area contributed by atoms with E-state index in [0.29, 0.717) is 18.6 Å². The molecule has 0 bridgehead atoms. The molecule has 1 aliphatic carbocycles. The van der Waals surface area contributed by atoms with Gasteiger partial charge in [-0.15, -0.1) is 0 Å². The average molecular weight is 354 g/mol. The van der Waals surface area contributed by atoms with Crippen LogP contribution in [0.4, 0.5) is 0 Å². The number of methoxy groups -OCH3 is 1. The molecule has 1 saturated heterocycles. The van der Waals surface area contributed by atoms with Gasteiger partial charge in [0.05, 0.1) is 6.04 Å². The highest BCUT2D eigenvalue weighted by Gasteiger charge is 2.31. The normalized spacial score (nSPS) is 18.3. The molecule has 1 aliphatic heterocycles. The Hall–Kier alpha value is -2.21. The number of amides is 1. The van der Waals surface area contributed by atoms with Gasteiger partial charge in [0.25, 0.3) is 0 Å². The van der Waals surface area contributed by atoms with Crippen molar-refractivity contribution in [3.05, 3.63) is 47.0 Å². The molecule has 1 fully saturated rings. The van der Waals surface area contributed by atoms with Gasteiger partial charge in [-0.3, -0.25) is 4.79 Å². The monoisotopic (exact) mass is 354 g/mol. The molecule has 6 heteroatoms. The fraction of sp³-hybridized carbons (Fsp3) is 0.550. The van der Waals surface area contributed by atoms with Gasteiger partial charge in [0, 0.05) is 33.0 Å². The zero-order chi connectivity index (χ0) is 18.1. The van der Waals surface area contributed by atoms with Crippen LogP contribution in [0, 0.1) is 0 Å². The number of hydrogen-bond donors (Lipinski definition) is 0. The number of fused-ring (bicyclic) bond motifs is 1. The number of piperidine rings is 1. The van der Waals surface area contributed by atoms with Crippen LogP contribution in [0.1, 0.15) is 54.5 Å². The minimum absolute atomic E-state index is 0.163. The Bertz CT molecular complexity index is 768. The first kappa shape index (κ1) is 17.2. The maximum Gasteiger partial charge on any atom is 0.219 e. The van der Waals surface area contributed by atoms with E-state index in [9.17, 15) is 4.79 Å². The lowest BCUT2D eigenvalue weighted by Crippen LogP contribution is -2.37. The lowest BCUT2D eigenvalue weighted by Gasteiger charge is -2.31. The molecule has 0 saturated carbocycles. The summed E-state index contributed by atoms with van der Waals surface area (Å²) in [7, 11) is 1.68. The number of carbonyl (C=O) groups is 1. The molecule has 0 radical (unpaired) electrons. The van der Waals surface area contributed by atoms with Crippen molar-refractivity contribution < 1.29 is 9.53 Å². The molecule has 26 heavy (non-hydrogen) atoms. The molecule has 4 rings (SSSR count). The summed E-state index contributed by atoms with van der Waals surface area (Å²) in [5.41, 5.74) is 2.83. The highest BCUT2D eigenvalue weighted by atomic mass is 16.5. The topological polar surface area (TPSA) is 60.2 Å². The number of rotatable bonds is 4. The maximum absolute atomic E-state index is 11.6. The first-order valence-corrected chi connectivity index (χ1v) is 9.42. The van der Waals surface area contributed by atoms with Crippen molar-refractivity contribution in [3.63, 3.8) is 0 Å². The van der Waals surface area contributed by atoms with Crippen LogP contribution in [0.25, 0.3) is 0 Å². The molecule has 138 valence electrons. The van der Waals surface area contributed by atoms with Gasteiger partial charge in [-0.2, -0.15) is 5.10 Å². The largest absolute Gasteiger partial charge is 0.377 e. The lowest BCUT2D eigenvalue weighted by atomic mass is 9.95. The van der Waals surface area contributed by atoms with E-state index in [2.05, 4.69) is 28.9 Å². The molecule has 6 nitrogen and oxygen atoms in total. The average Bonchev–Trinajstić information content (AvgIpc) is 3.26. The predicted molar refractivity (Wildman–Crippen MR) is 97.9 cm³/mol. The number of ether oxygens (including phenoxy) is 1. The zero-order valence-electron chi connectivity index (χ0n) is 15.5. The summed E-state index contributed by atoms with van der Waals surface area (Å²) >= 11 is 0. The van der Waals surface area contributed by atoms with Crippen molar-refractivity contribution in [1.29, 1.82) is 0 Å². The third kappa shape index (κ3) is 3.26. The number of aromatic nitrogens is 3. The molecule has 2 aromatic rings. The Morgan fingerprint density at radius 1 is 1.19 bits per heavy atom. The van der Waals surface area contributed by atoms with E-state index >= 15 is 0 Å². The van der Waals surface area contributed by atoms with Gasteiger partial charge in [-0.05, 0) is 36.8 Å². The molecule has 0 spiro atoms. The summed E-state index contributed by atoms with van der Waals surface area (Å²) < 4.78 is 7.42. The molecule has 2 heterocycles. The standard InChI is InChI=1S/C20H26N4O2/c1-14(25)23-9-7-15(8-10-23)20-21-19(13-26-2)22-24(20)18-11-16-5-3-4-6-17(16)12-18/h3-6,15,18H,7-13H2,1-2H3. The summed E-state index contributed by atoms with van der Waals surface area (Å²) in [6, 6.07) is 8.97. The minimum atomic E-state index is 0.163. The molecule has 2 aliphatic rings. The van der Waals surface area contributed by atoms with Crippen LogP contribution >= 0.6 is 0 Å². The number of benzene rings is 1. The van der Waals surface area contributed by atoms with Gasteiger partial charge in [-0.25, -0.2) is 9.67 Å². The molecule has 1 aromatic carbocycles. The maximum atomic E-state index is 11.6. The van der Waals surface area contributed by atoms with Crippen LogP contribution in [-0.2, 0) is 29.0 Å². The van der Waals surface area contributed by atoms with Gasteiger partial charge in [-0.1, -0.05) is 24.3 Å². The van der Waals surface area contributed by atoms with Crippen LogP contribution in [0.2, 0.25) is 0 Å². The van der Waals surface area contributed by atoms with Gasteiger partial charge in [0.2, 0.25) is 5.91 Å². The highest BCUT2D eigenvalue weighted by Crippen LogP contribution is 2.34. The van der Waals surface area contributed by atoms with Gasteiger partial charge in [0.1, 0.15) is 12.4 Å². The third-order valence-corrected chi connectivity index (χ3v) is 5.66. The van der Waals surface area contributed by atoms with Gasteiger partial charge < -0.3 is 9.64 Å². The van der Waals surface area contributed by atoms with Crippen molar-refractivity contribution in [2.75, 3.05) is 20.2 Å². The van der Waals surface area contributed by atoms with Crippen molar-refractivity contribution in [2.45, 2.75) is 51.2 Å². The molecule has 1 aromatic heterocycles.